The number of carbonyl (C=O) groups excluding carboxylic acids is 2. The van der Waals surface area contributed by atoms with E-state index in [4.69, 9.17) is 11.5 Å². The number of ether oxygens (including phenoxy) is 1. The van der Waals surface area contributed by atoms with Crippen molar-refractivity contribution in [2.24, 2.45) is 11.5 Å². The molecule has 0 aromatic rings. The van der Waals surface area contributed by atoms with E-state index in [1.165, 1.54) is 7.11 Å². The van der Waals surface area contributed by atoms with Crippen molar-refractivity contribution in [1.82, 2.24) is 5.32 Å². The monoisotopic (exact) mass is 203 g/mol. The molecular weight excluding hydrogens is 186 g/mol. The first kappa shape index (κ1) is 12.7. The highest BCUT2D eigenvalue weighted by Gasteiger charge is 2.07. The van der Waals surface area contributed by atoms with Crippen molar-refractivity contribution in [2.75, 3.05) is 13.7 Å². The molecule has 0 saturated carbocycles. The smallest absolute Gasteiger partial charge is 0.406 e. The van der Waals surface area contributed by atoms with Crippen LogP contribution >= 0.6 is 0 Å². The number of carbonyl (C=O) groups is 2. The van der Waals surface area contributed by atoms with Crippen LogP contribution in [0.5, 0.6) is 0 Å². The second-order valence-electron chi connectivity index (χ2n) is 2.92. The minimum Gasteiger partial charge on any atom is -0.453 e. The summed E-state index contributed by atoms with van der Waals surface area (Å²) in [6.07, 6.45) is 1.58. The average molecular weight is 203 g/mol. The first-order chi connectivity index (χ1) is 6.57. The Balaban J connectivity index is 3.30. The van der Waals surface area contributed by atoms with E-state index in [1.807, 2.05) is 0 Å². The average Bonchev–Trinajstić information content (AvgIpc) is 2.16. The second-order valence-corrected chi connectivity index (χ2v) is 2.92. The molecule has 0 fully saturated rings. The minimum absolute atomic E-state index is 0.454. The molecule has 1 atom stereocenters. The van der Waals surface area contributed by atoms with Gasteiger partial charge in [-0.3, -0.25) is 4.79 Å². The van der Waals surface area contributed by atoms with Crippen molar-refractivity contribution in [2.45, 2.75) is 25.3 Å². The molecule has 0 aliphatic rings. The van der Waals surface area contributed by atoms with Gasteiger partial charge in [0.25, 0.3) is 0 Å². The van der Waals surface area contributed by atoms with E-state index in [0.717, 1.165) is 12.8 Å². The number of amides is 2. The third-order valence-electron chi connectivity index (χ3n) is 1.76. The van der Waals surface area contributed by atoms with E-state index >= 15 is 0 Å². The first-order valence-corrected chi connectivity index (χ1v) is 4.44. The number of nitrogens with two attached hydrogens (primary N) is 2. The topological polar surface area (TPSA) is 107 Å². The van der Waals surface area contributed by atoms with Crippen molar-refractivity contribution in [3.63, 3.8) is 0 Å². The molecule has 0 aliphatic heterocycles. The molecule has 0 rings (SSSR count). The van der Waals surface area contributed by atoms with E-state index in [0.29, 0.717) is 13.0 Å². The molecule has 0 bridgehead atoms. The summed E-state index contributed by atoms with van der Waals surface area (Å²) < 4.78 is 4.37. The SMILES string of the molecule is COC(=O)NCCCCC(N)C(N)=O. The van der Waals surface area contributed by atoms with E-state index in [1.54, 1.807) is 0 Å². The molecule has 14 heavy (non-hydrogen) atoms. The molecule has 0 heterocycles. The summed E-state index contributed by atoms with van der Waals surface area (Å²) in [7, 11) is 1.30. The Labute approximate surface area is 83.0 Å². The number of rotatable bonds is 6. The molecular formula is C8H17N3O3. The zero-order valence-corrected chi connectivity index (χ0v) is 8.29. The fourth-order valence-corrected chi connectivity index (χ4v) is 0.894. The highest BCUT2D eigenvalue weighted by molar-refractivity contribution is 5.79. The van der Waals surface area contributed by atoms with Gasteiger partial charge in [0.15, 0.2) is 0 Å². The van der Waals surface area contributed by atoms with Crippen LogP contribution in [0.1, 0.15) is 19.3 Å². The summed E-state index contributed by atoms with van der Waals surface area (Å²) in [4.78, 5) is 21.1. The molecule has 2 amide bonds. The fourth-order valence-electron chi connectivity index (χ4n) is 0.894. The molecule has 0 aliphatic carbocycles. The van der Waals surface area contributed by atoms with Crippen LogP contribution in [-0.2, 0) is 9.53 Å². The third-order valence-corrected chi connectivity index (χ3v) is 1.76. The van der Waals surface area contributed by atoms with Crippen LogP contribution < -0.4 is 16.8 Å². The number of methoxy groups -OCH3 is 1. The lowest BCUT2D eigenvalue weighted by Crippen LogP contribution is -2.36. The standard InChI is InChI=1S/C8H17N3O3/c1-14-8(13)11-5-3-2-4-6(9)7(10)12/h6H,2-5,9H2,1H3,(H2,10,12)(H,11,13). The fraction of sp³-hybridized carbons (Fsp3) is 0.750. The number of primary amides is 1. The van der Waals surface area contributed by atoms with E-state index in [-0.39, 0.29) is 0 Å². The molecule has 5 N–H and O–H groups in total. The third kappa shape index (κ3) is 6.24. The summed E-state index contributed by atoms with van der Waals surface area (Å²) in [6, 6.07) is -0.590. The van der Waals surface area contributed by atoms with Gasteiger partial charge < -0.3 is 21.5 Å². The molecule has 1 unspecified atom stereocenters. The Bertz CT molecular complexity index is 196. The van der Waals surface area contributed by atoms with Crippen LogP contribution in [0.4, 0.5) is 4.79 Å². The first-order valence-electron chi connectivity index (χ1n) is 4.44. The van der Waals surface area contributed by atoms with Gasteiger partial charge in [-0.25, -0.2) is 4.79 Å². The molecule has 82 valence electrons. The van der Waals surface area contributed by atoms with E-state index in [2.05, 4.69) is 10.1 Å². The van der Waals surface area contributed by atoms with Crippen molar-refractivity contribution < 1.29 is 14.3 Å². The van der Waals surface area contributed by atoms with Gasteiger partial charge in [-0.1, -0.05) is 0 Å². The van der Waals surface area contributed by atoms with Crippen LogP contribution in [0.3, 0.4) is 0 Å². The Kier molecular flexibility index (Phi) is 6.47. The summed E-state index contributed by atoms with van der Waals surface area (Å²) in [5.41, 5.74) is 10.4. The normalized spacial score (nSPS) is 11.9. The predicted octanol–water partition coefficient (Wildman–Crippen LogP) is -0.675. The van der Waals surface area contributed by atoms with Crippen molar-refractivity contribution in [3.05, 3.63) is 0 Å². The van der Waals surface area contributed by atoms with Gasteiger partial charge in [-0.2, -0.15) is 0 Å². The zero-order chi connectivity index (χ0) is 11.0. The number of alkyl carbamates (subject to hydrolysis) is 1. The Morgan fingerprint density at radius 1 is 1.43 bits per heavy atom. The maximum Gasteiger partial charge on any atom is 0.406 e. The zero-order valence-electron chi connectivity index (χ0n) is 8.29. The maximum atomic E-state index is 10.6. The van der Waals surface area contributed by atoms with Crippen molar-refractivity contribution in [1.29, 1.82) is 0 Å². The van der Waals surface area contributed by atoms with Crippen molar-refractivity contribution >= 4 is 12.0 Å². The predicted molar refractivity (Wildman–Crippen MR) is 51.4 cm³/mol. The largest absolute Gasteiger partial charge is 0.453 e. The molecule has 0 spiro atoms. The second kappa shape index (κ2) is 7.14. The lowest BCUT2D eigenvalue weighted by molar-refractivity contribution is -0.119. The lowest BCUT2D eigenvalue weighted by Gasteiger charge is -2.07. The summed E-state index contributed by atoms with van der Waals surface area (Å²) in [5, 5.41) is 2.52. The van der Waals surface area contributed by atoms with Gasteiger partial charge >= 0.3 is 6.09 Å². The lowest BCUT2D eigenvalue weighted by atomic mass is 10.1. The Hall–Kier alpha value is -1.30. The van der Waals surface area contributed by atoms with Crippen LogP contribution in [-0.4, -0.2) is 31.7 Å². The van der Waals surface area contributed by atoms with Gasteiger partial charge in [0, 0.05) is 6.54 Å². The highest BCUT2D eigenvalue weighted by atomic mass is 16.5. The minimum atomic E-state index is -0.590. The van der Waals surface area contributed by atoms with E-state index < -0.39 is 18.0 Å². The van der Waals surface area contributed by atoms with Crippen LogP contribution in [0, 0.1) is 0 Å². The molecule has 6 nitrogen and oxygen atoms in total. The van der Waals surface area contributed by atoms with Crippen LogP contribution in [0.25, 0.3) is 0 Å². The van der Waals surface area contributed by atoms with Crippen molar-refractivity contribution in [3.8, 4) is 0 Å². The van der Waals surface area contributed by atoms with Gasteiger partial charge in [0.1, 0.15) is 0 Å². The van der Waals surface area contributed by atoms with E-state index in [9.17, 15) is 9.59 Å². The number of nitrogens with one attached hydrogen (secondary N) is 1. The highest BCUT2D eigenvalue weighted by Crippen LogP contribution is 1.97. The summed E-state index contributed by atoms with van der Waals surface area (Å²) >= 11 is 0. The summed E-state index contributed by atoms with van der Waals surface area (Å²) in [6.45, 7) is 0.512. The van der Waals surface area contributed by atoms with Crippen LogP contribution in [0.15, 0.2) is 0 Å². The van der Waals surface area contributed by atoms with Gasteiger partial charge in [-0.15, -0.1) is 0 Å². The van der Waals surface area contributed by atoms with Gasteiger partial charge in [0.2, 0.25) is 5.91 Å². The Morgan fingerprint density at radius 3 is 2.57 bits per heavy atom. The maximum absolute atomic E-state index is 10.6. The molecule has 0 saturated heterocycles. The molecule has 0 radical (unpaired) electrons. The molecule has 0 aromatic heterocycles. The molecule has 0 aromatic carbocycles. The quantitative estimate of drug-likeness (QED) is 0.497. The van der Waals surface area contributed by atoms with Gasteiger partial charge in [0.05, 0.1) is 13.2 Å². The number of hydrogen-bond donors (Lipinski definition) is 3. The number of unbranched alkanes of at least 4 members (excludes halogenated alkanes) is 1. The van der Waals surface area contributed by atoms with Gasteiger partial charge in [-0.05, 0) is 19.3 Å². The number of hydrogen-bond acceptors (Lipinski definition) is 4. The molecule has 6 heteroatoms. The summed E-state index contributed by atoms with van der Waals surface area (Å²) in [5.74, 6) is -0.495. The van der Waals surface area contributed by atoms with Crippen LogP contribution in [0.2, 0.25) is 0 Å². The Morgan fingerprint density at radius 2 is 2.07 bits per heavy atom.